The molecule has 0 aliphatic carbocycles. The molecule has 1 fully saturated rings. The van der Waals surface area contributed by atoms with Crippen molar-refractivity contribution >= 4 is 64.1 Å². The number of nitrogens with zero attached hydrogens (tertiary/aromatic N) is 2. The Morgan fingerprint density at radius 3 is 2.09 bits per heavy atom. The van der Waals surface area contributed by atoms with E-state index in [9.17, 15) is 14.4 Å². The first-order valence-electron chi connectivity index (χ1n) is 10.8. The van der Waals surface area contributed by atoms with Crippen molar-refractivity contribution in [3.8, 4) is 12.3 Å². The number of piperazine rings is 1. The van der Waals surface area contributed by atoms with Crippen LogP contribution in [0, 0.1) is 12.3 Å². The number of rotatable bonds is 9. The van der Waals surface area contributed by atoms with Gasteiger partial charge in [-0.3, -0.25) is 14.4 Å². The zero-order valence-corrected chi connectivity index (χ0v) is 21.6. The number of halogens is 4. The zero-order chi connectivity index (χ0) is 25.5. The zero-order valence-electron chi connectivity index (χ0n) is 18.6. The van der Waals surface area contributed by atoms with Crippen LogP contribution < -0.4 is 5.32 Å². The average Bonchev–Trinajstić information content (AvgIpc) is 2.81. The number of carbonyl (C=O) groups is 3. The molecule has 3 amide bonds. The number of alkyl halides is 2. The SMILES string of the molecule is C#CCN1C(=O)CN(C(Cl)Cc2ccc(Cl)cc2)C(=O)C1CC(=O)NC(Cl)Cc1ccc(Cl)cc1. The molecule has 0 aromatic heterocycles. The van der Waals surface area contributed by atoms with Gasteiger partial charge in [0.25, 0.3) is 0 Å². The Morgan fingerprint density at radius 1 is 1.00 bits per heavy atom. The molecule has 6 nitrogen and oxygen atoms in total. The van der Waals surface area contributed by atoms with Gasteiger partial charge in [0.15, 0.2) is 0 Å². The molecular weight excluding hydrogens is 532 g/mol. The fourth-order valence-electron chi connectivity index (χ4n) is 3.76. The molecule has 184 valence electrons. The number of nitrogens with one attached hydrogen (secondary N) is 1. The Bertz CT molecular complexity index is 1100. The molecule has 0 bridgehead atoms. The van der Waals surface area contributed by atoms with Crippen LogP contribution in [0.15, 0.2) is 48.5 Å². The van der Waals surface area contributed by atoms with Crippen LogP contribution in [0.25, 0.3) is 0 Å². The van der Waals surface area contributed by atoms with Crippen molar-refractivity contribution in [3.05, 3.63) is 69.7 Å². The highest BCUT2D eigenvalue weighted by molar-refractivity contribution is 6.30. The molecule has 1 saturated heterocycles. The van der Waals surface area contributed by atoms with Gasteiger partial charge in [0.1, 0.15) is 23.6 Å². The molecule has 2 aromatic carbocycles. The van der Waals surface area contributed by atoms with Crippen molar-refractivity contribution in [2.24, 2.45) is 0 Å². The maximum absolute atomic E-state index is 13.3. The Morgan fingerprint density at radius 2 is 1.54 bits per heavy atom. The molecule has 0 saturated carbocycles. The Hall–Kier alpha value is -2.43. The van der Waals surface area contributed by atoms with Gasteiger partial charge in [0.05, 0.1) is 13.0 Å². The van der Waals surface area contributed by atoms with E-state index in [1.165, 1.54) is 9.80 Å². The summed E-state index contributed by atoms with van der Waals surface area (Å²) < 4.78 is 0. The standard InChI is InChI=1S/C25H23Cl4N3O3/c1-2-11-31-20(14-23(33)30-21(28)12-16-3-7-18(26)8-4-16)25(35)32(15-24(31)34)22(29)13-17-5-9-19(27)10-6-17/h1,3-10,20-22H,11-15H2,(H,30,33). The molecule has 1 N–H and O–H groups in total. The summed E-state index contributed by atoms with van der Waals surface area (Å²) in [5.41, 5.74) is 0.214. The van der Waals surface area contributed by atoms with Crippen molar-refractivity contribution in [1.82, 2.24) is 15.1 Å². The lowest BCUT2D eigenvalue weighted by Gasteiger charge is -2.41. The predicted octanol–water partition coefficient (Wildman–Crippen LogP) is 4.09. The number of amides is 3. The maximum Gasteiger partial charge on any atom is 0.247 e. The van der Waals surface area contributed by atoms with E-state index in [0.717, 1.165) is 11.1 Å². The van der Waals surface area contributed by atoms with Crippen LogP contribution in [-0.4, -0.2) is 57.7 Å². The second-order valence-electron chi connectivity index (χ2n) is 8.04. The molecular formula is C25H23Cl4N3O3. The smallest absolute Gasteiger partial charge is 0.247 e. The predicted molar refractivity (Wildman–Crippen MR) is 138 cm³/mol. The third-order valence-corrected chi connectivity index (χ3v) is 6.67. The lowest BCUT2D eigenvalue weighted by atomic mass is 10.0. The molecule has 1 aliphatic heterocycles. The summed E-state index contributed by atoms with van der Waals surface area (Å²) in [6.07, 6.45) is 5.77. The summed E-state index contributed by atoms with van der Waals surface area (Å²) >= 11 is 24.7. The van der Waals surface area contributed by atoms with E-state index < -0.39 is 28.9 Å². The van der Waals surface area contributed by atoms with Crippen LogP contribution in [0.4, 0.5) is 0 Å². The second kappa shape index (κ2) is 12.5. The summed E-state index contributed by atoms with van der Waals surface area (Å²) in [5.74, 6) is 1.06. The topological polar surface area (TPSA) is 69.7 Å². The first kappa shape index (κ1) is 27.2. The van der Waals surface area contributed by atoms with Gasteiger partial charge in [-0.2, -0.15) is 0 Å². The minimum atomic E-state index is -1.09. The molecule has 3 atom stereocenters. The fourth-order valence-corrected chi connectivity index (χ4v) is 4.65. The van der Waals surface area contributed by atoms with Gasteiger partial charge < -0.3 is 15.1 Å². The number of terminal acetylenes is 1. The molecule has 1 heterocycles. The first-order valence-corrected chi connectivity index (χ1v) is 12.4. The van der Waals surface area contributed by atoms with Crippen molar-refractivity contribution in [2.75, 3.05) is 13.1 Å². The highest BCUT2D eigenvalue weighted by Gasteiger charge is 2.42. The highest BCUT2D eigenvalue weighted by Crippen LogP contribution is 2.23. The summed E-state index contributed by atoms with van der Waals surface area (Å²) in [6.45, 7) is -0.329. The lowest BCUT2D eigenvalue weighted by molar-refractivity contribution is -0.157. The molecule has 0 radical (unpaired) electrons. The average molecular weight is 555 g/mol. The molecule has 2 aromatic rings. The largest absolute Gasteiger partial charge is 0.340 e. The van der Waals surface area contributed by atoms with Gasteiger partial charge in [0, 0.05) is 22.9 Å². The Kier molecular flexibility index (Phi) is 9.71. The lowest BCUT2D eigenvalue weighted by Crippen LogP contribution is -2.62. The van der Waals surface area contributed by atoms with Crippen LogP contribution in [0.1, 0.15) is 17.5 Å². The molecule has 10 heteroatoms. The number of hydrogen-bond donors (Lipinski definition) is 1. The minimum Gasteiger partial charge on any atom is -0.340 e. The van der Waals surface area contributed by atoms with E-state index in [2.05, 4.69) is 11.2 Å². The van der Waals surface area contributed by atoms with Crippen LogP contribution >= 0.6 is 46.4 Å². The second-order valence-corrected chi connectivity index (χ2v) is 9.95. The van der Waals surface area contributed by atoms with E-state index in [1.807, 2.05) is 0 Å². The van der Waals surface area contributed by atoms with E-state index in [1.54, 1.807) is 48.5 Å². The van der Waals surface area contributed by atoms with Crippen molar-refractivity contribution in [2.45, 2.75) is 36.3 Å². The first-order chi connectivity index (χ1) is 16.7. The van der Waals surface area contributed by atoms with Gasteiger partial charge >= 0.3 is 0 Å². The van der Waals surface area contributed by atoms with Gasteiger partial charge in [-0.25, -0.2) is 0 Å². The van der Waals surface area contributed by atoms with E-state index in [0.29, 0.717) is 22.9 Å². The normalized spacial score (nSPS) is 17.6. The van der Waals surface area contributed by atoms with Crippen LogP contribution in [0.2, 0.25) is 10.0 Å². The summed E-state index contributed by atoms with van der Waals surface area (Å²) in [4.78, 5) is 41.4. The third kappa shape index (κ3) is 7.52. The van der Waals surface area contributed by atoms with Crippen LogP contribution in [-0.2, 0) is 27.2 Å². The summed E-state index contributed by atoms with van der Waals surface area (Å²) in [7, 11) is 0. The quantitative estimate of drug-likeness (QED) is 0.288. The van der Waals surface area contributed by atoms with Gasteiger partial charge in [-0.05, 0) is 35.4 Å². The number of benzene rings is 2. The Labute approximate surface area is 224 Å². The number of carbonyl (C=O) groups excluding carboxylic acids is 3. The molecule has 1 aliphatic rings. The molecule has 3 rings (SSSR count). The maximum atomic E-state index is 13.3. The highest BCUT2D eigenvalue weighted by atomic mass is 35.5. The van der Waals surface area contributed by atoms with Crippen LogP contribution in [0.5, 0.6) is 0 Å². The number of hydrogen-bond acceptors (Lipinski definition) is 3. The molecule has 0 spiro atoms. The van der Waals surface area contributed by atoms with E-state index >= 15 is 0 Å². The summed E-state index contributed by atoms with van der Waals surface area (Å²) in [5, 5.41) is 3.84. The van der Waals surface area contributed by atoms with Crippen molar-refractivity contribution in [1.29, 1.82) is 0 Å². The molecule has 3 unspecified atom stereocenters. The minimum absolute atomic E-state index is 0.102. The van der Waals surface area contributed by atoms with E-state index in [-0.39, 0.29) is 25.4 Å². The van der Waals surface area contributed by atoms with Gasteiger partial charge in [0.2, 0.25) is 17.7 Å². The van der Waals surface area contributed by atoms with Gasteiger partial charge in [-0.15, -0.1) is 6.42 Å². The van der Waals surface area contributed by atoms with Gasteiger partial charge in [-0.1, -0.05) is 76.6 Å². The monoisotopic (exact) mass is 553 g/mol. The molecule has 35 heavy (non-hydrogen) atoms. The fraction of sp³-hybridized carbons (Fsp3) is 0.320. The Balaban J connectivity index is 1.67. The van der Waals surface area contributed by atoms with E-state index in [4.69, 9.17) is 52.8 Å². The van der Waals surface area contributed by atoms with Crippen molar-refractivity contribution in [3.63, 3.8) is 0 Å². The van der Waals surface area contributed by atoms with Crippen LogP contribution in [0.3, 0.4) is 0 Å². The van der Waals surface area contributed by atoms with Crippen molar-refractivity contribution < 1.29 is 14.4 Å². The third-order valence-electron chi connectivity index (χ3n) is 5.51. The summed E-state index contributed by atoms with van der Waals surface area (Å²) in [6, 6.07) is 13.0.